The Hall–Kier alpha value is -0.0526. The van der Waals surface area contributed by atoms with E-state index in [2.05, 4.69) is 0 Å². The molecule has 0 aliphatic rings. The van der Waals surface area contributed by atoms with Crippen molar-refractivity contribution in [2.75, 3.05) is 0 Å². The van der Waals surface area contributed by atoms with E-state index in [4.69, 9.17) is 36.2 Å². The van der Waals surface area contributed by atoms with Gasteiger partial charge in [-0.05, 0) is 12.1 Å². The molecule has 0 heterocycles. The minimum atomic E-state index is -3.11. The molecule has 0 saturated heterocycles. The van der Waals surface area contributed by atoms with E-state index in [-0.39, 0.29) is 132 Å². The number of hydrogen-bond donors (Lipinski definition) is 2. The number of rotatable bonds is 1. The fourth-order valence-corrected chi connectivity index (χ4v) is 1.50. The van der Waals surface area contributed by atoms with E-state index >= 15 is 0 Å². The average Bonchev–Trinajstić information content (AvgIpc) is 2.69. The normalized spacial score (nSPS) is 8.00. The molecule has 0 bridgehead atoms. The van der Waals surface area contributed by atoms with Crippen LogP contribution in [0.2, 0.25) is 0 Å². The van der Waals surface area contributed by atoms with Gasteiger partial charge < -0.3 is 46.4 Å². The number of para-hydroxylation sites is 3. The Bertz CT molecular complexity index is 981. The summed E-state index contributed by atoms with van der Waals surface area (Å²) in [5.74, 6) is -1.17. The van der Waals surface area contributed by atoms with Gasteiger partial charge in [0, 0.05) is 0 Å². The van der Waals surface area contributed by atoms with Crippen molar-refractivity contribution in [1.82, 2.24) is 0 Å². The van der Waals surface area contributed by atoms with Crippen molar-refractivity contribution in [3.05, 3.63) is 90.5 Å². The van der Waals surface area contributed by atoms with Gasteiger partial charge in [-0.25, -0.2) is 4.79 Å². The van der Waals surface area contributed by atoms with Crippen LogP contribution in [0.15, 0.2) is 84.9 Å². The second kappa shape index (κ2) is 30.2. The van der Waals surface area contributed by atoms with E-state index < -0.39 is 27.9 Å². The zero-order valence-electron chi connectivity index (χ0n) is 18.1. The molecule has 3 aromatic rings. The Morgan fingerprint density at radius 2 is 0.914 bits per heavy atom. The van der Waals surface area contributed by atoms with Crippen LogP contribution in [-0.4, -0.2) is 135 Å². The number of phenols is 1. The maximum atomic E-state index is 10.3. The van der Waals surface area contributed by atoms with Gasteiger partial charge >= 0.3 is 116 Å². The molecule has 0 unspecified atom stereocenters. The standard InChI is InChI=1S/C7H6O3.2C6H6O.Ba.Ca.Mg.2O3S/c8-6-4-2-1-3-5(6)7(9)10;2*7-6-4-2-1-3-5-6;;;;2*1-4(2)3/h1-4,8H,(H,9,10);2*1-5,7H;;;;;/q;;;3*+2;2*-2/p-2. The SMILES string of the molecule is O=C(O)c1ccccc1O.O=[S-](=O)[O-].O=[S-](=O)[O-].[Ba+2].[Ca+2].[Mg+2].[O-]c1ccccc1.[O-]c1ccccc1. The summed E-state index contributed by atoms with van der Waals surface area (Å²) in [6.07, 6.45) is 0. The van der Waals surface area contributed by atoms with Gasteiger partial charge in [-0.3, -0.25) is 0 Å². The van der Waals surface area contributed by atoms with Crippen LogP contribution in [0, 0.1) is 0 Å². The van der Waals surface area contributed by atoms with Crippen LogP contribution in [0.5, 0.6) is 17.2 Å². The molecule has 0 aliphatic heterocycles. The Kier molecular flexibility index (Phi) is 38.7. The van der Waals surface area contributed by atoms with Crippen molar-refractivity contribution >= 4 is 138 Å². The van der Waals surface area contributed by atoms with Gasteiger partial charge in [-0.15, -0.1) is 11.5 Å². The van der Waals surface area contributed by atoms with Crippen LogP contribution in [0.3, 0.4) is 0 Å². The number of carboxylic acid groups (broad SMARTS) is 1. The quantitative estimate of drug-likeness (QED) is 0.154. The van der Waals surface area contributed by atoms with E-state index in [1.54, 1.807) is 36.4 Å². The molecule has 0 aliphatic carbocycles. The Balaban J connectivity index is -0.000000109. The van der Waals surface area contributed by atoms with E-state index in [1.807, 2.05) is 12.1 Å². The van der Waals surface area contributed by atoms with Gasteiger partial charge in [-0.2, -0.15) is 22.0 Å². The van der Waals surface area contributed by atoms with E-state index in [1.165, 1.54) is 36.4 Å². The van der Waals surface area contributed by atoms with Crippen molar-refractivity contribution in [2.24, 2.45) is 0 Å². The third-order valence-electron chi connectivity index (χ3n) is 2.62. The second-order valence-corrected chi connectivity index (χ2v) is 5.67. The zero-order valence-corrected chi connectivity index (χ0v) is 27.8. The third kappa shape index (κ3) is 36.2. The Labute approximate surface area is 292 Å². The van der Waals surface area contributed by atoms with Crippen LogP contribution in [-0.2, 0) is 38.8 Å². The first-order valence-electron chi connectivity index (χ1n) is 7.96. The van der Waals surface area contributed by atoms with Crippen molar-refractivity contribution in [3.8, 4) is 17.2 Å². The number of benzene rings is 3. The molecule has 2 N–H and O–H groups in total. The molecule has 0 aromatic heterocycles. The summed E-state index contributed by atoms with van der Waals surface area (Å²) >= 11 is 0. The van der Waals surface area contributed by atoms with Crippen LogP contribution in [0.1, 0.15) is 10.4 Å². The largest absolute Gasteiger partial charge is 2.00 e. The molecule has 0 radical (unpaired) electrons. The average molecular weight is 686 g/mol. The van der Waals surface area contributed by atoms with Crippen LogP contribution < -0.4 is 10.2 Å². The summed E-state index contributed by atoms with van der Waals surface area (Å²) in [5, 5.41) is 37.8. The summed E-state index contributed by atoms with van der Waals surface area (Å²) in [6, 6.07) is 22.5. The van der Waals surface area contributed by atoms with Crippen molar-refractivity contribution < 1.29 is 51.2 Å². The van der Waals surface area contributed by atoms with E-state index in [0.29, 0.717) is 0 Å². The molecule has 16 heteroatoms. The second-order valence-electron chi connectivity index (χ2n) is 4.86. The fourth-order valence-electron chi connectivity index (χ4n) is 1.50. The number of aromatic carboxylic acids is 1. The van der Waals surface area contributed by atoms with E-state index in [0.717, 1.165) is 0 Å². The molecule has 3 rings (SSSR count). The van der Waals surface area contributed by atoms with Crippen molar-refractivity contribution in [1.29, 1.82) is 0 Å². The monoisotopic (exact) mass is 686 g/mol. The molecule has 0 atom stereocenters. The molecular weight excluding hydrogens is 670 g/mol. The van der Waals surface area contributed by atoms with Gasteiger partial charge in [0.05, 0.1) is 0 Å². The molecule has 0 fully saturated rings. The van der Waals surface area contributed by atoms with Gasteiger partial charge in [-0.1, -0.05) is 72.8 Å². The summed E-state index contributed by atoms with van der Waals surface area (Å²) in [5.41, 5.74) is -0.0671. The maximum absolute atomic E-state index is 10.3. The smallest absolute Gasteiger partial charge is 0.917 e. The molecule has 3 aromatic carbocycles. The number of aromatic hydroxyl groups is 1. The molecule has 0 amide bonds. The van der Waals surface area contributed by atoms with Crippen LogP contribution >= 0.6 is 0 Å². The molecule has 176 valence electrons. The minimum absolute atomic E-state index is 0. The number of carboxylic acids is 1. The molecule has 11 nitrogen and oxygen atoms in total. The topological polar surface area (TPSA) is 218 Å². The summed E-state index contributed by atoms with van der Waals surface area (Å²) in [7, 11) is -6.22. The first-order valence-corrected chi connectivity index (χ1v) is 9.96. The van der Waals surface area contributed by atoms with Crippen LogP contribution in [0.25, 0.3) is 0 Å². The number of carbonyl (C=O) groups is 1. The number of hydrogen-bond acceptors (Lipinski definition) is 12. The van der Waals surface area contributed by atoms with Crippen molar-refractivity contribution in [3.63, 3.8) is 0 Å². The molecule has 0 spiro atoms. The summed E-state index contributed by atoms with van der Waals surface area (Å²) < 4.78 is 50.7. The maximum Gasteiger partial charge on any atom is 2.00 e. The molecule has 35 heavy (non-hydrogen) atoms. The van der Waals surface area contributed by atoms with Gasteiger partial charge in [0.25, 0.3) is 0 Å². The summed E-state index contributed by atoms with van der Waals surface area (Å²) in [6.45, 7) is 0. The van der Waals surface area contributed by atoms with Gasteiger partial charge in [0.15, 0.2) is 0 Å². The zero-order chi connectivity index (χ0) is 24.9. The third-order valence-corrected chi connectivity index (χ3v) is 2.62. The fraction of sp³-hybridized carbons (Fsp3) is 0. The predicted molar refractivity (Wildman–Crippen MR) is 123 cm³/mol. The molecule has 0 saturated carbocycles. The summed E-state index contributed by atoms with van der Waals surface area (Å²) in [4.78, 5) is 10.3. The Morgan fingerprint density at radius 1 is 0.657 bits per heavy atom. The van der Waals surface area contributed by atoms with E-state index in [9.17, 15) is 15.0 Å². The van der Waals surface area contributed by atoms with Crippen LogP contribution in [0.4, 0.5) is 0 Å². The van der Waals surface area contributed by atoms with Crippen molar-refractivity contribution in [2.45, 2.75) is 0 Å². The predicted octanol–water partition coefficient (Wildman–Crippen LogP) is 0.321. The van der Waals surface area contributed by atoms with Gasteiger partial charge in [0.2, 0.25) is 0 Å². The molecular formula is C19H16BaCaMgO11S2. The minimum Gasteiger partial charge on any atom is -0.917 e. The first kappa shape index (κ1) is 44.9. The first-order chi connectivity index (χ1) is 15.0. The Morgan fingerprint density at radius 3 is 1.09 bits per heavy atom. The van der Waals surface area contributed by atoms with Gasteiger partial charge in [0.1, 0.15) is 11.3 Å².